The molecule has 1 heterocycles. The second-order valence-corrected chi connectivity index (χ2v) is 6.01. The number of rotatable bonds is 6. The lowest BCUT2D eigenvalue weighted by atomic mass is 10.2. The Kier molecular flexibility index (Phi) is 5.38. The minimum atomic E-state index is -0.473. The van der Waals surface area contributed by atoms with Gasteiger partial charge < -0.3 is 15.2 Å². The molecule has 0 radical (unpaired) electrons. The number of H-pyrrole nitrogens is 1. The molecule has 26 heavy (non-hydrogen) atoms. The van der Waals surface area contributed by atoms with Gasteiger partial charge in [-0.05, 0) is 31.2 Å². The van der Waals surface area contributed by atoms with Crippen molar-refractivity contribution in [3.05, 3.63) is 70.5 Å². The van der Waals surface area contributed by atoms with Gasteiger partial charge in [-0.2, -0.15) is 0 Å². The summed E-state index contributed by atoms with van der Waals surface area (Å²) in [4.78, 5) is 32.5. The molecule has 0 saturated carbocycles. The Hall–Kier alpha value is -3.06. The largest absolute Gasteiger partial charge is 0.321 e. The lowest BCUT2D eigenvalue weighted by Crippen LogP contribution is -3.11. The van der Waals surface area contributed by atoms with E-state index in [1.807, 2.05) is 13.0 Å². The van der Waals surface area contributed by atoms with Crippen LogP contribution in [0.15, 0.2) is 53.3 Å². The number of fused-ring (bicyclic) bond motifs is 1. The van der Waals surface area contributed by atoms with Gasteiger partial charge in [0, 0.05) is 0 Å². The van der Waals surface area contributed by atoms with Gasteiger partial charge >= 0.3 is 0 Å². The number of aromatic amines is 1. The molecular formula is C19H20FN4O2+. The van der Waals surface area contributed by atoms with E-state index in [0.29, 0.717) is 29.8 Å². The SMILES string of the molecule is CC[NH+](CC(=O)Nc1ccccc1F)Cc1nc2ccccc2c(=O)[nH]1. The summed E-state index contributed by atoms with van der Waals surface area (Å²) in [5, 5.41) is 3.11. The monoisotopic (exact) mass is 355 g/mol. The molecule has 3 aromatic rings. The number of benzene rings is 2. The quantitative estimate of drug-likeness (QED) is 0.620. The Morgan fingerprint density at radius 1 is 1.19 bits per heavy atom. The van der Waals surface area contributed by atoms with Gasteiger partial charge in [0.05, 0.1) is 23.1 Å². The molecule has 3 N–H and O–H groups in total. The van der Waals surface area contributed by atoms with E-state index in [9.17, 15) is 14.0 Å². The van der Waals surface area contributed by atoms with Crippen molar-refractivity contribution in [2.75, 3.05) is 18.4 Å². The third-order valence-corrected chi connectivity index (χ3v) is 4.14. The Labute approximate surface area is 149 Å². The molecule has 0 saturated heterocycles. The average molecular weight is 355 g/mol. The number of likely N-dealkylation sites (N-methyl/N-ethyl adjacent to an activating group) is 1. The molecule has 0 aliphatic rings. The normalized spacial score (nSPS) is 12.1. The summed E-state index contributed by atoms with van der Waals surface area (Å²) in [6.45, 7) is 3.12. The second-order valence-electron chi connectivity index (χ2n) is 6.01. The Morgan fingerprint density at radius 3 is 2.69 bits per heavy atom. The van der Waals surface area contributed by atoms with Gasteiger partial charge in [0.1, 0.15) is 12.4 Å². The maximum Gasteiger partial charge on any atom is 0.279 e. The highest BCUT2D eigenvalue weighted by molar-refractivity contribution is 5.91. The van der Waals surface area contributed by atoms with Gasteiger partial charge in [0.15, 0.2) is 12.4 Å². The zero-order valence-electron chi connectivity index (χ0n) is 14.4. The van der Waals surface area contributed by atoms with Gasteiger partial charge in [0.2, 0.25) is 0 Å². The van der Waals surface area contributed by atoms with Crippen molar-refractivity contribution < 1.29 is 14.1 Å². The standard InChI is InChI=1S/C19H19FN4O2/c1-2-24(12-18(25)22-16-10-6-4-8-14(16)20)11-17-21-15-9-5-3-7-13(15)19(26)23-17/h3-10H,2,11-12H2,1H3,(H,22,25)(H,21,23,26)/p+1. The average Bonchev–Trinajstić information content (AvgIpc) is 2.63. The molecule has 1 aromatic heterocycles. The molecule has 1 unspecified atom stereocenters. The minimum Gasteiger partial charge on any atom is -0.321 e. The number of quaternary nitrogens is 1. The van der Waals surface area contributed by atoms with E-state index in [0.717, 1.165) is 4.90 Å². The van der Waals surface area contributed by atoms with Crippen molar-refractivity contribution in [3.8, 4) is 0 Å². The predicted molar refractivity (Wildman–Crippen MR) is 97.5 cm³/mol. The van der Waals surface area contributed by atoms with Crippen LogP contribution >= 0.6 is 0 Å². The highest BCUT2D eigenvalue weighted by Crippen LogP contribution is 2.11. The van der Waals surface area contributed by atoms with Crippen molar-refractivity contribution in [2.24, 2.45) is 0 Å². The van der Waals surface area contributed by atoms with E-state index in [4.69, 9.17) is 0 Å². The van der Waals surface area contributed by atoms with Crippen molar-refractivity contribution in [1.82, 2.24) is 9.97 Å². The summed E-state index contributed by atoms with van der Waals surface area (Å²) in [5.74, 6) is -0.251. The first-order valence-corrected chi connectivity index (χ1v) is 8.42. The van der Waals surface area contributed by atoms with Crippen LogP contribution in [-0.2, 0) is 11.3 Å². The maximum absolute atomic E-state index is 13.6. The lowest BCUT2D eigenvalue weighted by Gasteiger charge is -2.17. The Balaban J connectivity index is 1.70. The zero-order valence-corrected chi connectivity index (χ0v) is 14.4. The number of carbonyl (C=O) groups is 1. The molecule has 0 aliphatic heterocycles. The van der Waals surface area contributed by atoms with E-state index in [1.54, 1.807) is 30.3 Å². The molecule has 6 nitrogen and oxygen atoms in total. The van der Waals surface area contributed by atoms with Crippen LogP contribution in [0.25, 0.3) is 10.9 Å². The molecule has 0 spiro atoms. The maximum atomic E-state index is 13.6. The third kappa shape index (κ3) is 4.12. The number of anilines is 1. The van der Waals surface area contributed by atoms with Crippen molar-refractivity contribution in [1.29, 1.82) is 0 Å². The predicted octanol–water partition coefficient (Wildman–Crippen LogP) is 1.11. The zero-order chi connectivity index (χ0) is 18.5. The number of aromatic nitrogens is 2. The van der Waals surface area contributed by atoms with Gasteiger partial charge in [-0.1, -0.05) is 24.3 Å². The summed E-state index contributed by atoms with van der Waals surface area (Å²) in [6, 6.07) is 13.1. The number of amides is 1. The van der Waals surface area contributed by atoms with Gasteiger partial charge in [-0.25, -0.2) is 9.37 Å². The molecule has 3 rings (SSSR count). The molecule has 1 amide bonds. The Bertz CT molecular complexity index is 986. The summed E-state index contributed by atoms with van der Waals surface area (Å²) in [7, 11) is 0. The molecule has 0 bridgehead atoms. The number of nitrogens with zero attached hydrogens (tertiary/aromatic N) is 1. The fraction of sp³-hybridized carbons (Fsp3) is 0.211. The van der Waals surface area contributed by atoms with Crippen LogP contribution in [0.1, 0.15) is 12.7 Å². The molecule has 1 atom stereocenters. The third-order valence-electron chi connectivity index (χ3n) is 4.14. The van der Waals surface area contributed by atoms with Crippen LogP contribution in [0.3, 0.4) is 0 Å². The van der Waals surface area contributed by atoms with E-state index in [2.05, 4.69) is 15.3 Å². The highest BCUT2D eigenvalue weighted by Gasteiger charge is 2.16. The van der Waals surface area contributed by atoms with E-state index in [1.165, 1.54) is 12.1 Å². The van der Waals surface area contributed by atoms with Gasteiger partial charge in [0.25, 0.3) is 11.5 Å². The van der Waals surface area contributed by atoms with Crippen LogP contribution in [0.4, 0.5) is 10.1 Å². The number of para-hydroxylation sites is 2. The Morgan fingerprint density at radius 2 is 1.92 bits per heavy atom. The smallest absolute Gasteiger partial charge is 0.279 e. The van der Waals surface area contributed by atoms with Gasteiger partial charge in [-0.3, -0.25) is 9.59 Å². The van der Waals surface area contributed by atoms with Crippen LogP contribution in [0.5, 0.6) is 0 Å². The van der Waals surface area contributed by atoms with Crippen LogP contribution in [-0.4, -0.2) is 29.0 Å². The number of hydrogen-bond acceptors (Lipinski definition) is 3. The fourth-order valence-corrected chi connectivity index (χ4v) is 2.75. The highest BCUT2D eigenvalue weighted by atomic mass is 19.1. The first kappa shape index (κ1) is 17.8. The number of carbonyl (C=O) groups excluding carboxylic acids is 1. The molecular weight excluding hydrogens is 335 g/mol. The van der Waals surface area contributed by atoms with Crippen molar-refractivity contribution >= 4 is 22.5 Å². The molecule has 7 heteroatoms. The van der Waals surface area contributed by atoms with Crippen molar-refractivity contribution in [2.45, 2.75) is 13.5 Å². The minimum absolute atomic E-state index is 0.140. The molecule has 0 fully saturated rings. The summed E-state index contributed by atoms with van der Waals surface area (Å²) >= 11 is 0. The number of nitrogens with one attached hydrogen (secondary N) is 3. The van der Waals surface area contributed by atoms with E-state index < -0.39 is 5.82 Å². The van der Waals surface area contributed by atoms with Crippen LogP contribution in [0.2, 0.25) is 0 Å². The second kappa shape index (κ2) is 7.88. The molecule has 134 valence electrons. The topological polar surface area (TPSA) is 79.3 Å². The summed E-state index contributed by atoms with van der Waals surface area (Å²) in [6.07, 6.45) is 0. The van der Waals surface area contributed by atoms with E-state index in [-0.39, 0.29) is 23.7 Å². The summed E-state index contributed by atoms with van der Waals surface area (Å²) in [5.41, 5.74) is 0.583. The fourth-order valence-electron chi connectivity index (χ4n) is 2.75. The number of hydrogen-bond donors (Lipinski definition) is 3. The molecule has 2 aromatic carbocycles. The van der Waals surface area contributed by atoms with Crippen LogP contribution < -0.4 is 15.8 Å². The first-order valence-electron chi connectivity index (χ1n) is 8.42. The van der Waals surface area contributed by atoms with Gasteiger partial charge in [-0.15, -0.1) is 0 Å². The van der Waals surface area contributed by atoms with Crippen LogP contribution in [0, 0.1) is 5.82 Å². The first-order chi connectivity index (χ1) is 12.6. The lowest BCUT2D eigenvalue weighted by molar-refractivity contribution is -0.904. The number of halogens is 1. The summed E-state index contributed by atoms with van der Waals surface area (Å²) < 4.78 is 13.6. The van der Waals surface area contributed by atoms with Crippen molar-refractivity contribution in [3.63, 3.8) is 0 Å². The van der Waals surface area contributed by atoms with E-state index >= 15 is 0 Å². The molecule has 0 aliphatic carbocycles.